The fraction of sp³-hybridized carbons (Fsp3) is 0.500. The van der Waals surface area contributed by atoms with Gasteiger partial charge in [0.25, 0.3) is 0 Å². The Morgan fingerprint density at radius 3 is 2.76 bits per heavy atom. The number of hydrogen-bond donors (Lipinski definition) is 1. The number of rotatable bonds is 6. The molecule has 2 aliphatic rings. The zero-order valence-corrected chi connectivity index (χ0v) is 20.2. The van der Waals surface area contributed by atoms with Crippen molar-refractivity contribution >= 4 is 16.8 Å². The lowest BCUT2D eigenvalue weighted by Gasteiger charge is -2.41. The van der Waals surface area contributed by atoms with Gasteiger partial charge in [-0.1, -0.05) is 43.3 Å². The van der Waals surface area contributed by atoms with Crippen molar-refractivity contribution < 1.29 is 9.53 Å². The lowest BCUT2D eigenvalue weighted by Crippen LogP contribution is -2.50. The smallest absolute Gasteiger partial charge is 0.228 e. The van der Waals surface area contributed by atoms with Crippen molar-refractivity contribution in [2.45, 2.75) is 32.6 Å². The van der Waals surface area contributed by atoms with Gasteiger partial charge in [0, 0.05) is 36.4 Å². The van der Waals surface area contributed by atoms with Crippen LogP contribution in [0.1, 0.15) is 30.9 Å². The zero-order chi connectivity index (χ0) is 23.4. The Bertz CT molecular complexity index is 1090. The molecule has 0 bridgehead atoms. The van der Waals surface area contributed by atoms with E-state index in [-0.39, 0.29) is 5.41 Å². The molecule has 2 aromatic carbocycles. The number of benzene rings is 2. The first-order valence-electron chi connectivity index (χ1n) is 12.6. The third-order valence-electron chi connectivity index (χ3n) is 7.69. The molecule has 2 fully saturated rings. The van der Waals surface area contributed by atoms with Crippen LogP contribution in [0.15, 0.2) is 54.7 Å². The SMILES string of the molecule is CC1(C(=O)N2CCOCC(Cc3ccc4[nH]ncc4c3)C2)CCN(CCc2ccccc2)CC1. The quantitative estimate of drug-likeness (QED) is 0.606. The number of nitrogens with one attached hydrogen (secondary N) is 1. The zero-order valence-electron chi connectivity index (χ0n) is 20.2. The van der Waals surface area contributed by atoms with E-state index in [1.807, 2.05) is 6.20 Å². The molecule has 6 heteroatoms. The first-order chi connectivity index (χ1) is 16.6. The van der Waals surface area contributed by atoms with Gasteiger partial charge < -0.3 is 14.5 Å². The number of amides is 1. The number of likely N-dealkylation sites (tertiary alicyclic amines) is 1. The highest BCUT2D eigenvalue weighted by atomic mass is 16.5. The average molecular weight is 461 g/mol. The molecule has 1 unspecified atom stereocenters. The standard InChI is InChI=1S/C28H36N4O2/c1-28(10-13-31(14-11-28)12-9-22-5-3-2-4-6-22)27(33)32-15-16-34-21-24(20-32)17-23-7-8-26-25(18-23)19-29-30-26/h2-8,18-19,24H,9-17,20-21H2,1H3,(H,29,30). The minimum absolute atomic E-state index is 0.270. The first kappa shape index (κ1) is 23.1. The average Bonchev–Trinajstić information content (AvgIpc) is 3.21. The third-order valence-corrected chi connectivity index (χ3v) is 7.69. The van der Waals surface area contributed by atoms with Crippen LogP contribution in [0.3, 0.4) is 0 Å². The van der Waals surface area contributed by atoms with Crippen LogP contribution in [0.25, 0.3) is 10.9 Å². The number of fused-ring (bicyclic) bond motifs is 1. The van der Waals surface area contributed by atoms with Crippen molar-refractivity contribution in [3.8, 4) is 0 Å². The van der Waals surface area contributed by atoms with Crippen LogP contribution in [0.4, 0.5) is 0 Å². The molecule has 34 heavy (non-hydrogen) atoms. The number of piperidine rings is 1. The fourth-order valence-electron chi connectivity index (χ4n) is 5.44. The molecule has 180 valence electrons. The number of aromatic nitrogens is 2. The summed E-state index contributed by atoms with van der Waals surface area (Å²) >= 11 is 0. The normalized spacial score (nSPS) is 21.4. The van der Waals surface area contributed by atoms with Gasteiger partial charge in [0.05, 0.1) is 24.9 Å². The maximum absolute atomic E-state index is 13.7. The number of carbonyl (C=O) groups excluding carboxylic acids is 1. The van der Waals surface area contributed by atoms with Crippen molar-refractivity contribution in [2.75, 3.05) is 45.9 Å². The maximum Gasteiger partial charge on any atom is 0.228 e. The molecule has 0 radical (unpaired) electrons. The van der Waals surface area contributed by atoms with Crippen LogP contribution in [0, 0.1) is 11.3 Å². The van der Waals surface area contributed by atoms with Gasteiger partial charge in [-0.25, -0.2) is 0 Å². The Hall–Kier alpha value is -2.70. The molecular weight excluding hydrogens is 424 g/mol. The Morgan fingerprint density at radius 2 is 1.94 bits per heavy atom. The Labute approximate surface area is 202 Å². The second-order valence-corrected chi connectivity index (χ2v) is 10.3. The molecule has 0 spiro atoms. The van der Waals surface area contributed by atoms with Gasteiger partial charge in [0.2, 0.25) is 5.91 Å². The molecule has 2 saturated heterocycles. The summed E-state index contributed by atoms with van der Waals surface area (Å²) in [6.45, 7) is 8.03. The van der Waals surface area contributed by atoms with Gasteiger partial charge in [-0.15, -0.1) is 0 Å². The van der Waals surface area contributed by atoms with Crippen LogP contribution < -0.4 is 0 Å². The molecule has 1 aromatic heterocycles. The number of hydrogen-bond acceptors (Lipinski definition) is 4. The molecule has 3 aromatic rings. The van der Waals surface area contributed by atoms with Crippen molar-refractivity contribution in [2.24, 2.45) is 11.3 Å². The Morgan fingerprint density at radius 1 is 1.12 bits per heavy atom. The van der Waals surface area contributed by atoms with Crippen LogP contribution in [0.2, 0.25) is 0 Å². The molecule has 0 saturated carbocycles. The predicted molar refractivity (Wildman–Crippen MR) is 135 cm³/mol. The van der Waals surface area contributed by atoms with Crippen molar-refractivity contribution in [1.82, 2.24) is 20.0 Å². The summed E-state index contributed by atoms with van der Waals surface area (Å²) in [6.07, 6.45) is 5.71. The van der Waals surface area contributed by atoms with Crippen LogP contribution >= 0.6 is 0 Å². The van der Waals surface area contributed by atoms with Crippen LogP contribution in [-0.4, -0.2) is 71.8 Å². The highest BCUT2D eigenvalue weighted by Crippen LogP contribution is 2.34. The molecule has 3 heterocycles. The van der Waals surface area contributed by atoms with Crippen molar-refractivity contribution in [3.63, 3.8) is 0 Å². The van der Waals surface area contributed by atoms with Crippen molar-refractivity contribution in [1.29, 1.82) is 0 Å². The van der Waals surface area contributed by atoms with Crippen LogP contribution in [0.5, 0.6) is 0 Å². The summed E-state index contributed by atoms with van der Waals surface area (Å²) in [4.78, 5) is 18.3. The molecule has 2 aliphatic heterocycles. The molecule has 1 N–H and O–H groups in total. The molecular formula is C28H36N4O2. The summed E-state index contributed by atoms with van der Waals surface area (Å²) < 4.78 is 5.92. The van der Waals surface area contributed by atoms with Gasteiger partial charge >= 0.3 is 0 Å². The molecule has 1 amide bonds. The topological polar surface area (TPSA) is 61.5 Å². The highest BCUT2D eigenvalue weighted by Gasteiger charge is 2.40. The van der Waals surface area contributed by atoms with E-state index in [4.69, 9.17) is 4.74 Å². The monoisotopic (exact) mass is 460 g/mol. The lowest BCUT2D eigenvalue weighted by molar-refractivity contribution is -0.144. The maximum atomic E-state index is 13.7. The summed E-state index contributed by atoms with van der Waals surface area (Å²) in [5.74, 6) is 0.626. The second-order valence-electron chi connectivity index (χ2n) is 10.3. The van der Waals surface area contributed by atoms with E-state index in [1.54, 1.807) is 0 Å². The number of ether oxygens (including phenoxy) is 1. The summed E-state index contributed by atoms with van der Waals surface area (Å²) in [6, 6.07) is 17.1. The van der Waals surface area contributed by atoms with Crippen molar-refractivity contribution in [3.05, 3.63) is 65.9 Å². The van der Waals surface area contributed by atoms with E-state index < -0.39 is 0 Å². The first-order valence-corrected chi connectivity index (χ1v) is 12.6. The molecule has 0 aliphatic carbocycles. The van der Waals surface area contributed by atoms with Gasteiger partial charge in [-0.2, -0.15) is 5.10 Å². The number of carbonyl (C=O) groups is 1. The fourth-order valence-corrected chi connectivity index (χ4v) is 5.44. The van der Waals surface area contributed by atoms with Crippen LogP contribution in [-0.2, 0) is 22.4 Å². The third kappa shape index (κ3) is 5.34. The van der Waals surface area contributed by atoms with Gasteiger partial charge in [-0.05, 0) is 62.0 Å². The predicted octanol–water partition coefficient (Wildman–Crippen LogP) is 3.93. The minimum Gasteiger partial charge on any atom is -0.379 e. The Balaban J connectivity index is 1.16. The summed E-state index contributed by atoms with van der Waals surface area (Å²) in [7, 11) is 0. The van der Waals surface area contributed by atoms with E-state index in [2.05, 4.69) is 75.5 Å². The number of aromatic amines is 1. The molecule has 1 atom stereocenters. The highest BCUT2D eigenvalue weighted by molar-refractivity contribution is 5.82. The van der Waals surface area contributed by atoms with E-state index in [0.717, 1.165) is 62.8 Å². The lowest BCUT2D eigenvalue weighted by atomic mass is 9.78. The summed E-state index contributed by atoms with van der Waals surface area (Å²) in [5, 5.41) is 8.27. The van der Waals surface area contributed by atoms with E-state index in [0.29, 0.717) is 31.6 Å². The van der Waals surface area contributed by atoms with Gasteiger partial charge in [0.1, 0.15) is 0 Å². The number of H-pyrrole nitrogens is 1. The molecule has 5 rings (SSSR count). The second kappa shape index (κ2) is 10.3. The Kier molecular flexibility index (Phi) is 6.97. The minimum atomic E-state index is -0.270. The van der Waals surface area contributed by atoms with Gasteiger partial charge in [0.15, 0.2) is 0 Å². The van der Waals surface area contributed by atoms with E-state index in [9.17, 15) is 4.79 Å². The van der Waals surface area contributed by atoms with E-state index in [1.165, 1.54) is 11.1 Å². The van der Waals surface area contributed by atoms with E-state index >= 15 is 0 Å². The summed E-state index contributed by atoms with van der Waals surface area (Å²) in [5.41, 5.74) is 3.44. The number of nitrogens with zero attached hydrogens (tertiary/aromatic N) is 3. The largest absolute Gasteiger partial charge is 0.379 e. The van der Waals surface area contributed by atoms with Gasteiger partial charge in [-0.3, -0.25) is 9.89 Å². The molecule has 6 nitrogen and oxygen atoms in total.